The summed E-state index contributed by atoms with van der Waals surface area (Å²) in [5, 5.41) is 20.1. The number of rotatable bonds is 9. The normalized spacial score (nSPS) is 15.8. The zero-order valence-corrected chi connectivity index (χ0v) is 19.8. The smallest absolute Gasteiger partial charge is 1.00 e. The maximum absolute atomic E-state index is 11.1. The Morgan fingerprint density at radius 3 is 2.25 bits per heavy atom. The summed E-state index contributed by atoms with van der Waals surface area (Å²) in [6, 6.07) is 15.1. The largest absolute Gasteiger partial charge is 1.00 e. The molecule has 1 saturated heterocycles. The Bertz CT molecular complexity index is 854. The van der Waals surface area contributed by atoms with Crippen molar-refractivity contribution in [3.8, 4) is 5.75 Å². The van der Waals surface area contributed by atoms with Crippen molar-refractivity contribution in [2.24, 2.45) is 0 Å². The van der Waals surface area contributed by atoms with Gasteiger partial charge in [-0.3, -0.25) is 4.90 Å². The number of aromatic carboxylic acids is 1. The molecule has 2 aromatic carbocycles. The molecule has 170 valence electrons. The molecule has 0 amide bonds. The van der Waals surface area contributed by atoms with Gasteiger partial charge in [0.1, 0.15) is 5.75 Å². The number of nitrogens with zero attached hydrogens (tertiary/aromatic N) is 2. The van der Waals surface area contributed by atoms with Gasteiger partial charge >= 0.3 is 24.8 Å². The molecule has 2 aromatic rings. The Balaban J connectivity index is 0.00000272. The molecule has 0 unspecified atom stereocenters. The number of ether oxygens (including phenoxy) is 1. The van der Waals surface area contributed by atoms with Crippen LogP contribution in [0.3, 0.4) is 0 Å². The van der Waals surface area contributed by atoms with Crippen LogP contribution in [-0.2, 0) is 6.54 Å². The topological polar surface area (TPSA) is 73.2 Å². The number of likely N-dealkylation sites (tertiary alicyclic amines) is 1. The number of anilines is 1. The first-order valence-corrected chi connectivity index (χ1v) is 11.0. The van der Waals surface area contributed by atoms with E-state index in [9.17, 15) is 9.90 Å². The van der Waals surface area contributed by atoms with E-state index in [4.69, 9.17) is 9.84 Å². The number of hydrogen-bond donors (Lipinski definition) is 2. The van der Waals surface area contributed by atoms with Crippen LogP contribution in [-0.4, -0.2) is 59.5 Å². The Labute approximate surface area is 204 Å². The van der Waals surface area contributed by atoms with E-state index < -0.39 is 11.6 Å². The molecule has 0 aliphatic carbocycles. The number of carbonyl (C=O) groups is 1. The van der Waals surface area contributed by atoms with Gasteiger partial charge in [-0.25, -0.2) is 4.79 Å². The SMILES string of the molecule is CC(C)Oc1ccc(N(C)CCC2(O)CCN(Cc3ccc(C(=O)O)cc3)CC2)cc1.[H-].[Li+]. The quantitative estimate of drug-likeness (QED) is 0.577. The molecule has 2 N–H and O–H groups in total. The summed E-state index contributed by atoms with van der Waals surface area (Å²) >= 11 is 0. The number of carboxylic acids is 1. The number of hydrogen-bond acceptors (Lipinski definition) is 5. The van der Waals surface area contributed by atoms with E-state index in [1.165, 1.54) is 0 Å². The number of benzene rings is 2. The van der Waals surface area contributed by atoms with Crippen molar-refractivity contribution in [2.75, 3.05) is 31.6 Å². The number of aliphatic hydroxyl groups is 1. The minimum absolute atomic E-state index is 0. The van der Waals surface area contributed by atoms with Crippen LogP contribution in [0.5, 0.6) is 5.75 Å². The fraction of sp³-hybridized carbons (Fsp3) is 0.480. The van der Waals surface area contributed by atoms with Crippen molar-refractivity contribution < 1.29 is 40.0 Å². The van der Waals surface area contributed by atoms with Crippen molar-refractivity contribution in [2.45, 2.75) is 51.4 Å². The van der Waals surface area contributed by atoms with Crippen LogP contribution in [0.2, 0.25) is 0 Å². The van der Waals surface area contributed by atoms with Gasteiger partial charge in [0, 0.05) is 38.9 Å². The molecule has 0 spiro atoms. The molecule has 0 aromatic heterocycles. The number of piperidine rings is 1. The van der Waals surface area contributed by atoms with Gasteiger partial charge in [-0.05, 0) is 75.1 Å². The summed E-state index contributed by atoms with van der Waals surface area (Å²) in [5.41, 5.74) is 1.88. The summed E-state index contributed by atoms with van der Waals surface area (Å²) < 4.78 is 5.70. The fourth-order valence-corrected chi connectivity index (χ4v) is 3.94. The van der Waals surface area contributed by atoms with Crippen LogP contribution in [0.25, 0.3) is 0 Å². The van der Waals surface area contributed by atoms with Crippen molar-refractivity contribution in [3.05, 3.63) is 59.7 Å². The molecule has 1 aliphatic rings. The summed E-state index contributed by atoms with van der Waals surface area (Å²) in [6.45, 7) is 7.27. The molecule has 0 bridgehead atoms. The zero-order chi connectivity index (χ0) is 22.4. The maximum atomic E-state index is 11.1. The van der Waals surface area contributed by atoms with Gasteiger partial charge < -0.3 is 21.3 Å². The molecule has 6 nitrogen and oxygen atoms in total. The van der Waals surface area contributed by atoms with Crippen molar-refractivity contribution in [1.82, 2.24) is 4.90 Å². The maximum Gasteiger partial charge on any atom is 1.00 e. The third-order valence-corrected chi connectivity index (χ3v) is 5.96. The molecular formula is C25H35LiN2O4. The fourth-order valence-electron chi connectivity index (χ4n) is 3.94. The third-order valence-electron chi connectivity index (χ3n) is 5.96. The molecular weight excluding hydrogens is 399 g/mol. The van der Waals surface area contributed by atoms with Crippen LogP contribution < -0.4 is 28.5 Å². The van der Waals surface area contributed by atoms with Crippen LogP contribution in [0.1, 0.15) is 50.5 Å². The third kappa shape index (κ3) is 7.56. The van der Waals surface area contributed by atoms with Gasteiger partial charge in [-0.15, -0.1) is 0 Å². The summed E-state index contributed by atoms with van der Waals surface area (Å²) in [7, 11) is 2.05. The van der Waals surface area contributed by atoms with E-state index in [-0.39, 0.29) is 26.4 Å². The molecule has 1 aliphatic heterocycles. The first kappa shape index (κ1) is 26.3. The molecule has 1 fully saturated rings. The van der Waals surface area contributed by atoms with Crippen LogP contribution in [0.4, 0.5) is 5.69 Å². The summed E-state index contributed by atoms with van der Waals surface area (Å²) in [4.78, 5) is 15.5. The first-order valence-electron chi connectivity index (χ1n) is 11.0. The van der Waals surface area contributed by atoms with E-state index >= 15 is 0 Å². The summed E-state index contributed by atoms with van der Waals surface area (Å²) in [5.74, 6) is -0.0323. The second kappa shape index (κ2) is 11.8. The summed E-state index contributed by atoms with van der Waals surface area (Å²) in [6.07, 6.45) is 2.38. The Hall–Kier alpha value is -1.97. The van der Waals surface area contributed by atoms with E-state index in [1.807, 2.05) is 38.1 Å². The minimum atomic E-state index is -0.903. The van der Waals surface area contributed by atoms with Gasteiger partial charge in [-0.1, -0.05) is 12.1 Å². The van der Waals surface area contributed by atoms with Crippen molar-refractivity contribution >= 4 is 11.7 Å². The van der Waals surface area contributed by atoms with Gasteiger partial charge in [0.15, 0.2) is 0 Å². The first-order chi connectivity index (χ1) is 14.7. The van der Waals surface area contributed by atoms with Gasteiger partial charge in [0.2, 0.25) is 0 Å². The molecule has 32 heavy (non-hydrogen) atoms. The van der Waals surface area contributed by atoms with Gasteiger partial charge in [0.25, 0.3) is 0 Å². The van der Waals surface area contributed by atoms with Crippen LogP contribution in [0.15, 0.2) is 48.5 Å². The minimum Gasteiger partial charge on any atom is -1.00 e. The van der Waals surface area contributed by atoms with E-state index in [1.54, 1.807) is 12.1 Å². The molecule has 3 rings (SSSR count). The van der Waals surface area contributed by atoms with E-state index in [0.717, 1.165) is 62.4 Å². The molecule has 7 heteroatoms. The van der Waals surface area contributed by atoms with Gasteiger partial charge in [-0.2, -0.15) is 0 Å². The Morgan fingerprint density at radius 1 is 1.12 bits per heavy atom. The molecule has 0 saturated carbocycles. The molecule has 0 radical (unpaired) electrons. The van der Waals surface area contributed by atoms with Crippen molar-refractivity contribution in [3.63, 3.8) is 0 Å². The predicted octanol–water partition coefficient (Wildman–Crippen LogP) is 1.14. The zero-order valence-electron chi connectivity index (χ0n) is 20.8. The van der Waals surface area contributed by atoms with Crippen LogP contribution in [0, 0.1) is 0 Å². The second-order valence-corrected chi connectivity index (χ2v) is 8.83. The second-order valence-electron chi connectivity index (χ2n) is 8.83. The van der Waals surface area contributed by atoms with Gasteiger partial charge in [0.05, 0.1) is 17.3 Å². The number of carboxylic acid groups (broad SMARTS) is 1. The van der Waals surface area contributed by atoms with E-state index in [2.05, 4.69) is 29.0 Å². The standard InChI is InChI=1S/C25H34N2O4.Li.H/c1-19(2)31-23-10-8-22(9-11-23)26(3)15-12-25(30)13-16-27(17-14-25)18-20-4-6-21(7-5-20)24(28)29;;/h4-11,19,30H,12-18H2,1-3H3,(H,28,29);;/q;+1;-1. The van der Waals surface area contributed by atoms with Crippen molar-refractivity contribution in [1.29, 1.82) is 0 Å². The predicted molar refractivity (Wildman–Crippen MR) is 124 cm³/mol. The van der Waals surface area contributed by atoms with E-state index in [0.29, 0.717) is 5.56 Å². The Morgan fingerprint density at radius 2 is 1.72 bits per heavy atom. The molecule has 0 atom stereocenters. The Kier molecular flexibility index (Phi) is 9.66. The molecule has 1 heterocycles. The average molecular weight is 435 g/mol. The monoisotopic (exact) mass is 434 g/mol. The average Bonchev–Trinajstić information content (AvgIpc) is 2.74. The van der Waals surface area contributed by atoms with Crippen LogP contribution >= 0.6 is 0 Å².